The van der Waals surface area contributed by atoms with Crippen LogP contribution in [-0.2, 0) is 9.47 Å². The summed E-state index contributed by atoms with van der Waals surface area (Å²) in [4.78, 5) is 11.8. The summed E-state index contributed by atoms with van der Waals surface area (Å²) in [6.45, 7) is 6.52. The molecule has 6 nitrogen and oxygen atoms in total. The molecule has 0 radical (unpaired) electrons. The Bertz CT molecular complexity index is 536. The highest BCUT2D eigenvalue weighted by Crippen LogP contribution is 2.22. The second-order valence-electron chi connectivity index (χ2n) is 5.36. The fourth-order valence-corrected chi connectivity index (χ4v) is 2.10. The van der Waals surface area contributed by atoms with Crippen LogP contribution >= 0.6 is 0 Å². The van der Waals surface area contributed by atoms with Crippen LogP contribution in [0.25, 0.3) is 0 Å². The number of anilines is 1. The lowest BCUT2D eigenvalue weighted by atomic mass is 10.3. The van der Waals surface area contributed by atoms with Gasteiger partial charge >= 0.3 is 6.03 Å². The van der Waals surface area contributed by atoms with Gasteiger partial charge in [0.1, 0.15) is 6.10 Å². The highest BCUT2D eigenvalue weighted by molar-refractivity contribution is 5.89. The van der Waals surface area contributed by atoms with E-state index in [4.69, 9.17) is 14.2 Å². The van der Waals surface area contributed by atoms with E-state index in [2.05, 4.69) is 10.6 Å². The summed E-state index contributed by atoms with van der Waals surface area (Å²) in [5.41, 5.74) is 0.349. The maximum Gasteiger partial charge on any atom is 0.319 e. The van der Waals surface area contributed by atoms with Crippen molar-refractivity contribution in [1.82, 2.24) is 5.32 Å². The van der Waals surface area contributed by atoms with Crippen molar-refractivity contribution >= 4 is 11.7 Å². The Hall–Kier alpha value is -1.86. The third kappa shape index (κ3) is 4.57. The molecule has 22 heavy (non-hydrogen) atoms. The van der Waals surface area contributed by atoms with E-state index in [-0.39, 0.29) is 11.9 Å². The maximum absolute atomic E-state index is 13.7. The molecule has 0 unspecified atom stereocenters. The van der Waals surface area contributed by atoms with Crippen LogP contribution in [-0.4, -0.2) is 37.7 Å². The lowest BCUT2D eigenvalue weighted by Crippen LogP contribution is -2.37. The maximum atomic E-state index is 13.7. The van der Waals surface area contributed by atoms with Gasteiger partial charge < -0.3 is 24.8 Å². The topological polar surface area (TPSA) is 68.8 Å². The monoisotopic (exact) mass is 312 g/mol. The van der Waals surface area contributed by atoms with Gasteiger partial charge in [0.15, 0.2) is 17.4 Å². The standard InChI is InChI=1S/C15H21FN2O4/c1-4-20-13-6-5-10(7-12(13)16)18-14(19)17-8-11-9-21-15(2,3)22-11/h5-7,11H,4,8-9H2,1-3H3,(H2,17,18,19)/t11-/m0/s1. The number of halogens is 1. The first kappa shape index (κ1) is 16.5. The van der Waals surface area contributed by atoms with Gasteiger partial charge in [0.2, 0.25) is 0 Å². The van der Waals surface area contributed by atoms with E-state index in [1.165, 1.54) is 12.1 Å². The van der Waals surface area contributed by atoms with Crippen molar-refractivity contribution in [1.29, 1.82) is 0 Å². The van der Waals surface area contributed by atoms with Crippen molar-refractivity contribution in [3.8, 4) is 5.75 Å². The molecular formula is C15H21FN2O4. The van der Waals surface area contributed by atoms with Gasteiger partial charge in [-0.25, -0.2) is 9.18 Å². The minimum absolute atomic E-state index is 0.159. The number of urea groups is 1. The lowest BCUT2D eigenvalue weighted by molar-refractivity contribution is -0.137. The molecule has 0 bridgehead atoms. The van der Waals surface area contributed by atoms with Crippen molar-refractivity contribution in [3.63, 3.8) is 0 Å². The van der Waals surface area contributed by atoms with E-state index in [1.54, 1.807) is 13.0 Å². The van der Waals surface area contributed by atoms with Crippen LogP contribution in [0.2, 0.25) is 0 Å². The van der Waals surface area contributed by atoms with Gasteiger partial charge in [0.25, 0.3) is 0 Å². The normalized spacial score (nSPS) is 19.7. The summed E-state index contributed by atoms with van der Waals surface area (Å²) in [6, 6.07) is 3.83. The molecule has 1 saturated heterocycles. The van der Waals surface area contributed by atoms with E-state index < -0.39 is 17.6 Å². The van der Waals surface area contributed by atoms with Gasteiger partial charge in [-0.05, 0) is 32.9 Å². The first-order chi connectivity index (χ1) is 10.4. The second-order valence-corrected chi connectivity index (χ2v) is 5.36. The average molecular weight is 312 g/mol. The number of rotatable bonds is 5. The molecule has 7 heteroatoms. The van der Waals surface area contributed by atoms with Gasteiger partial charge in [-0.15, -0.1) is 0 Å². The fourth-order valence-electron chi connectivity index (χ4n) is 2.10. The largest absolute Gasteiger partial charge is 0.491 e. The van der Waals surface area contributed by atoms with E-state index >= 15 is 0 Å². The van der Waals surface area contributed by atoms with Crippen LogP contribution in [0.3, 0.4) is 0 Å². The van der Waals surface area contributed by atoms with E-state index in [9.17, 15) is 9.18 Å². The highest BCUT2D eigenvalue weighted by atomic mass is 19.1. The number of benzene rings is 1. The highest BCUT2D eigenvalue weighted by Gasteiger charge is 2.32. The quantitative estimate of drug-likeness (QED) is 0.876. The first-order valence-corrected chi connectivity index (χ1v) is 7.18. The number of ether oxygens (including phenoxy) is 3. The molecule has 0 spiro atoms. The Balaban J connectivity index is 1.81. The van der Waals surface area contributed by atoms with E-state index in [1.807, 2.05) is 13.8 Å². The molecule has 1 aromatic rings. The number of hydrogen-bond donors (Lipinski definition) is 2. The Labute approximate surface area is 128 Å². The summed E-state index contributed by atoms with van der Waals surface area (Å²) < 4.78 is 29.7. The Morgan fingerprint density at radius 3 is 2.86 bits per heavy atom. The lowest BCUT2D eigenvalue weighted by Gasteiger charge is -2.17. The molecule has 0 aromatic heterocycles. The van der Waals surface area contributed by atoms with Crippen LogP contribution in [0.15, 0.2) is 18.2 Å². The zero-order valence-electron chi connectivity index (χ0n) is 12.9. The molecule has 2 N–H and O–H groups in total. The van der Waals surface area contributed by atoms with Crippen LogP contribution in [0, 0.1) is 5.82 Å². The molecule has 1 atom stereocenters. The zero-order chi connectivity index (χ0) is 16.2. The molecule has 2 amide bonds. The van der Waals surface area contributed by atoms with Gasteiger partial charge in [-0.3, -0.25) is 0 Å². The van der Waals surface area contributed by atoms with Crippen molar-refractivity contribution in [2.75, 3.05) is 25.1 Å². The van der Waals surface area contributed by atoms with Crippen molar-refractivity contribution in [3.05, 3.63) is 24.0 Å². The minimum Gasteiger partial charge on any atom is -0.491 e. The van der Waals surface area contributed by atoms with E-state index in [0.29, 0.717) is 25.4 Å². The van der Waals surface area contributed by atoms with E-state index in [0.717, 1.165) is 0 Å². The average Bonchev–Trinajstić information content (AvgIpc) is 2.79. The van der Waals surface area contributed by atoms with Crippen LogP contribution in [0.1, 0.15) is 20.8 Å². The number of nitrogens with one attached hydrogen (secondary N) is 2. The van der Waals surface area contributed by atoms with Crippen LogP contribution < -0.4 is 15.4 Å². The van der Waals surface area contributed by atoms with Crippen molar-refractivity contribution in [2.24, 2.45) is 0 Å². The molecule has 1 aromatic carbocycles. The Morgan fingerprint density at radius 2 is 2.27 bits per heavy atom. The molecular weight excluding hydrogens is 291 g/mol. The minimum atomic E-state index is -0.624. The van der Waals surface area contributed by atoms with Crippen LogP contribution in [0.4, 0.5) is 14.9 Å². The molecule has 2 rings (SSSR count). The predicted molar refractivity (Wildman–Crippen MR) is 79.5 cm³/mol. The molecule has 122 valence electrons. The SMILES string of the molecule is CCOc1ccc(NC(=O)NC[C@H]2COC(C)(C)O2)cc1F. The summed E-state index contributed by atoms with van der Waals surface area (Å²) in [7, 11) is 0. The summed E-state index contributed by atoms with van der Waals surface area (Å²) in [6.07, 6.45) is -0.196. The van der Waals surface area contributed by atoms with Crippen LogP contribution in [0.5, 0.6) is 5.75 Å². The first-order valence-electron chi connectivity index (χ1n) is 7.18. The third-order valence-electron chi connectivity index (χ3n) is 3.05. The molecule has 0 aliphatic carbocycles. The molecule has 0 saturated carbocycles. The van der Waals surface area contributed by atoms with Gasteiger partial charge in [0.05, 0.1) is 13.2 Å². The zero-order valence-corrected chi connectivity index (χ0v) is 12.9. The predicted octanol–water partition coefficient (Wildman–Crippen LogP) is 2.50. The van der Waals surface area contributed by atoms with Gasteiger partial charge in [-0.2, -0.15) is 0 Å². The molecule has 1 heterocycles. The number of carbonyl (C=O) groups excluding carboxylic acids is 1. The fraction of sp³-hybridized carbons (Fsp3) is 0.533. The number of amides is 2. The van der Waals surface area contributed by atoms with Gasteiger partial charge in [0, 0.05) is 18.3 Å². The smallest absolute Gasteiger partial charge is 0.319 e. The van der Waals surface area contributed by atoms with Crippen molar-refractivity contribution < 1.29 is 23.4 Å². The number of carbonyl (C=O) groups is 1. The Kier molecular flexibility index (Phi) is 5.20. The van der Waals surface area contributed by atoms with Gasteiger partial charge in [-0.1, -0.05) is 0 Å². The third-order valence-corrected chi connectivity index (χ3v) is 3.05. The molecule has 1 aliphatic rings. The molecule has 1 fully saturated rings. The second kappa shape index (κ2) is 6.93. The summed E-state index contributed by atoms with van der Waals surface area (Å²) in [5, 5.41) is 5.22. The molecule has 1 aliphatic heterocycles. The number of hydrogen-bond acceptors (Lipinski definition) is 4. The summed E-state index contributed by atoms with van der Waals surface area (Å²) >= 11 is 0. The van der Waals surface area contributed by atoms with Crippen molar-refractivity contribution in [2.45, 2.75) is 32.7 Å². The Morgan fingerprint density at radius 1 is 1.50 bits per heavy atom. The summed E-state index contributed by atoms with van der Waals surface area (Å²) in [5.74, 6) is -0.984.